The predicted octanol–water partition coefficient (Wildman–Crippen LogP) is 2.78. The van der Waals surface area contributed by atoms with Crippen molar-refractivity contribution in [1.29, 1.82) is 0 Å². The number of imidazole rings is 1. The number of aryl methyl sites for hydroxylation is 1. The Labute approximate surface area is 108 Å². The Morgan fingerprint density at radius 3 is 2.94 bits per heavy atom. The molecule has 0 aliphatic heterocycles. The van der Waals surface area contributed by atoms with Crippen LogP contribution in [0.1, 0.15) is 19.2 Å². The molecule has 0 N–H and O–H groups in total. The molecule has 0 unspecified atom stereocenters. The van der Waals surface area contributed by atoms with Gasteiger partial charge in [-0.3, -0.25) is 14.7 Å². The van der Waals surface area contributed by atoms with E-state index in [0.29, 0.717) is 0 Å². The first-order chi connectivity index (χ1) is 8.63. The van der Waals surface area contributed by atoms with Crippen LogP contribution >= 0.6 is 11.6 Å². The summed E-state index contributed by atoms with van der Waals surface area (Å²) in [6.45, 7) is 2.02. The third-order valence-electron chi connectivity index (χ3n) is 2.43. The largest absolute Gasteiger partial charge is 0.313 e. The average molecular weight is 267 g/mol. The van der Waals surface area contributed by atoms with Gasteiger partial charge in [-0.1, -0.05) is 18.5 Å². The molecule has 2 aromatic rings. The van der Waals surface area contributed by atoms with E-state index in [1.54, 1.807) is 17.0 Å². The summed E-state index contributed by atoms with van der Waals surface area (Å²) < 4.78 is 1.62. The van der Waals surface area contributed by atoms with Crippen molar-refractivity contribution in [2.75, 3.05) is 0 Å². The van der Waals surface area contributed by atoms with Crippen molar-refractivity contribution in [3.8, 4) is 5.82 Å². The Kier molecular flexibility index (Phi) is 3.57. The number of nitrogens with zero attached hydrogens (tertiary/aromatic N) is 4. The topological polar surface area (TPSA) is 73.8 Å². The van der Waals surface area contributed by atoms with Gasteiger partial charge in [0.2, 0.25) is 5.82 Å². The molecule has 0 aliphatic carbocycles. The van der Waals surface area contributed by atoms with Crippen LogP contribution in [0.15, 0.2) is 24.7 Å². The number of rotatable bonds is 4. The zero-order chi connectivity index (χ0) is 13.1. The number of pyridine rings is 1. The van der Waals surface area contributed by atoms with Gasteiger partial charge in [-0.25, -0.2) is 9.97 Å². The lowest BCUT2D eigenvalue weighted by molar-refractivity contribution is -0.384. The monoisotopic (exact) mass is 266 g/mol. The molecular weight excluding hydrogens is 256 g/mol. The minimum Gasteiger partial charge on any atom is -0.282 e. The molecule has 7 heteroatoms. The minimum absolute atomic E-state index is 0.127. The molecule has 94 valence electrons. The highest BCUT2D eigenvalue weighted by atomic mass is 35.5. The molecule has 2 aromatic heterocycles. The minimum atomic E-state index is -0.496. The van der Waals surface area contributed by atoms with Crippen LogP contribution in [0, 0.1) is 10.1 Å². The van der Waals surface area contributed by atoms with Crippen LogP contribution in [0.3, 0.4) is 0 Å². The second kappa shape index (κ2) is 5.14. The molecule has 0 aliphatic rings. The quantitative estimate of drug-likeness (QED) is 0.630. The van der Waals surface area contributed by atoms with Crippen molar-refractivity contribution in [3.05, 3.63) is 45.6 Å². The maximum absolute atomic E-state index is 11.0. The van der Waals surface area contributed by atoms with Crippen LogP contribution in [0.4, 0.5) is 5.69 Å². The number of halogens is 1. The van der Waals surface area contributed by atoms with Crippen LogP contribution in [0.5, 0.6) is 0 Å². The smallest absolute Gasteiger partial charge is 0.282 e. The molecule has 0 bridgehead atoms. The Morgan fingerprint density at radius 2 is 2.28 bits per heavy atom. The van der Waals surface area contributed by atoms with Crippen LogP contribution in [-0.2, 0) is 6.42 Å². The number of hydrogen-bond acceptors (Lipinski definition) is 4. The zero-order valence-corrected chi connectivity index (χ0v) is 10.5. The third-order valence-corrected chi connectivity index (χ3v) is 2.64. The van der Waals surface area contributed by atoms with Gasteiger partial charge in [0, 0.05) is 31.1 Å². The standard InChI is InChI=1S/C11H11ClN4O2/c1-2-3-10-13-4-5-15(10)11-9(16(17)18)6-8(12)7-14-11/h4-7H,2-3H2,1H3. The summed E-state index contributed by atoms with van der Waals surface area (Å²) in [6, 6.07) is 1.29. The van der Waals surface area contributed by atoms with Gasteiger partial charge in [-0.2, -0.15) is 0 Å². The van der Waals surface area contributed by atoms with Crippen molar-refractivity contribution in [2.24, 2.45) is 0 Å². The summed E-state index contributed by atoms with van der Waals surface area (Å²) in [4.78, 5) is 18.7. The number of nitro groups is 1. The van der Waals surface area contributed by atoms with Gasteiger partial charge in [0.15, 0.2) is 0 Å². The fourth-order valence-electron chi connectivity index (χ4n) is 1.68. The summed E-state index contributed by atoms with van der Waals surface area (Å²) >= 11 is 5.73. The van der Waals surface area contributed by atoms with Crippen LogP contribution in [0.25, 0.3) is 5.82 Å². The van der Waals surface area contributed by atoms with Gasteiger partial charge in [0.05, 0.1) is 9.95 Å². The molecular formula is C11H11ClN4O2. The first kappa shape index (κ1) is 12.5. The average Bonchev–Trinajstić information content (AvgIpc) is 2.77. The fraction of sp³-hybridized carbons (Fsp3) is 0.273. The molecule has 2 rings (SSSR count). The molecule has 0 spiro atoms. The van der Waals surface area contributed by atoms with Crippen molar-refractivity contribution < 1.29 is 4.92 Å². The summed E-state index contributed by atoms with van der Waals surface area (Å²) in [6.07, 6.45) is 6.28. The molecule has 18 heavy (non-hydrogen) atoms. The van der Waals surface area contributed by atoms with Crippen molar-refractivity contribution in [1.82, 2.24) is 14.5 Å². The third kappa shape index (κ3) is 2.33. The van der Waals surface area contributed by atoms with Gasteiger partial charge >= 0.3 is 5.69 Å². The van der Waals surface area contributed by atoms with Crippen molar-refractivity contribution in [3.63, 3.8) is 0 Å². The summed E-state index contributed by atoms with van der Waals surface area (Å²) in [5.41, 5.74) is -0.127. The number of aromatic nitrogens is 3. The van der Waals surface area contributed by atoms with Crippen LogP contribution < -0.4 is 0 Å². The van der Waals surface area contributed by atoms with Gasteiger partial charge in [0.1, 0.15) is 5.82 Å². The Balaban J connectivity index is 2.56. The maximum atomic E-state index is 11.0. The van der Waals surface area contributed by atoms with E-state index in [1.807, 2.05) is 6.92 Å². The van der Waals surface area contributed by atoms with Crippen molar-refractivity contribution >= 4 is 17.3 Å². The first-order valence-electron chi connectivity index (χ1n) is 5.46. The zero-order valence-electron chi connectivity index (χ0n) is 9.71. The Hall–Kier alpha value is -1.95. The molecule has 0 saturated heterocycles. The van der Waals surface area contributed by atoms with E-state index in [1.165, 1.54) is 12.3 Å². The van der Waals surface area contributed by atoms with E-state index in [4.69, 9.17) is 11.6 Å². The molecule has 0 fully saturated rings. The SMILES string of the molecule is CCCc1nccn1-c1ncc(Cl)cc1[N+](=O)[O-]. The molecule has 2 heterocycles. The molecule has 0 atom stereocenters. The molecule has 0 amide bonds. The van der Waals surface area contributed by atoms with E-state index < -0.39 is 4.92 Å². The summed E-state index contributed by atoms with van der Waals surface area (Å²) in [5, 5.41) is 11.3. The molecule has 0 aromatic carbocycles. The van der Waals surface area contributed by atoms with E-state index in [-0.39, 0.29) is 16.5 Å². The molecule has 0 radical (unpaired) electrons. The second-order valence-electron chi connectivity index (χ2n) is 3.72. The van der Waals surface area contributed by atoms with Gasteiger partial charge in [0.25, 0.3) is 0 Å². The Morgan fingerprint density at radius 1 is 1.50 bits per heavy atom. The lowest BCUT2D eigenvalue weighted by Crippen LogP contribution is -2.06. The fourth-order valence-corrected chi connectivity index (χ4v) is 1.83. The van der Waals surface area contributed by atoms with Gasteiger partial charge in [-0.05, 0) is 6.42 Å². The normalized spacial score (nSPS) is 10.6. The number of hydrogen-bond donors (Lipinski definition) is 0. The molecule has 0 saturated carbocycles. The van der Waals surface area contributed by atoms with Crippen LogP contribution in [0.2, 0.25) is 5.02 Å². The highest BCUT2D eigenvalue weighted by Crippen LogP contribution is 2.25. The van der Waals surface area contributed by atoms with E-state index in [9.17, 15) is 10.1 Å². The predicted molar refractivity (Wildman–Crippen MR) is 67.0 cm³/mol. The lowest BCUT2D eigenvalue weighted by Gasteiger charge is -2.06. The second-order valence-corrected chi connectivity index (χ2v) is 4.15. The first-order valence-corrected chi connectivity index (χ1v) is 5.83. The molecule has 6 nitrogen and oxygen atoms in total. The Bertz CT molecular complexity index is 582. The maximum Gasteiger partial charge on any atom is 0.313 e. The lowest BCUT2D eigenvalue weighted by atomic mass is 10.3. The van der Waals surface area contributed by atoms with Gasteiger partial charge in [-0.15, -0.1) is 0 Å². The van der Waals surface area contributed by atoms with Gasteiger partial charge < -0.3 is 0 Å². The van der Waals surface area contributed by atoms with Crippen molar-refractivity contribution in [2.45, 2.75) is 19.8 Å². The summed E-state index contributed by atoms with van der Waals surface area (Å²) in [7, 11) is 0. The summed E-state index contributed by atoms with van der Waals surface area (Å²) in [5.74, 6) is 0.987. The highest BCUT2D eigenvalue weighted by molar-refractivity contribution is 6.30. The van der Waals surface area contributed by atoms with E-state index in [2.05, 4.69) is 9.97 Å². The van der Waals surface area contributed by atoms with E-state index in [0.717, 1.165) is 18.7 Å². The van der Waals surface area contributed by atoms with Crippen LogP contribution in [-0.4, -0.2) is 19.5 Å². The highest BCUT2D eigenvalue weighted by Gasteiger charge is 2.19. The van der Waals surface area contributed by atoms with E-state index >= 15 is 0 Å².